The largest absolute Gasteiger partial charge is 3.00 e. The minimum Gasteiger partial charge on any atom is -0.550 e. The van der Waals surface area contributed by atoms with Crippen molar-refractivity contribution in [1.29, 1.82) is 0 Å². The molecule has 1 atom stereocenters. The molecule has 0 aromatic rings. The summed E-state index contributed by atoms with van der Waals surface area (Å²) in [7, 11) is 2.34. The van der Waals surface area contributed by atoms with Crippen LogP contribution in [0.25, 0.3) is 0 Å². The van der Waals surface area contributed by atoms with Crippen LogP contribution in [-0.2, 0) is 33.9 Å². The Labute approximate surface area is 110 Å². The van der Waals surface area contributed by atoms with Crippen LogP contribution in [0.1, 0.15) is 20.8 Å². The Bertz CT molecular complexity index is 154. The van der Waals surface area contributed by atoms with Gasteiger partial charge in [0.05, 0.1) is 0 Å². The molecule has 0 saturated heterocycles. The minimum absolute atomic E-state index is 0. The van der Waals surface area contributed by atoms with Gasteiger partial charge in [-0.25, -0.2) is 0 Å². The van der Waals surface area contributed by atoms with E-state index in [1.165, 1.54) is 0 Å². The van der Waals surface area contributed by atoms with Gasteiger partial charge in [0.1, 0.15) is 0 Å². The van der Waals surface area contributed by atoms with Crippen LogP contribution in [-0.4, -0.2) is 17.9 Å². The van der Waals surface area contributed by atoms with Crippen molar-refractivity contribution in [2.45, 2.75) is 20.8 Å². The summed E-state index contributed by atoms with van der Waals surface area (Å²) in [6.45, 7) is 6.24. The van der Waals surface area contributed by atoms with Gasteiger partial charge in [-0.1, -0.05) is 12.4 Å². The van der Waals surface area contributed by atoms with Crippen LogP contribution < -0.4 is 15.3 Å². The summed E-state index contributed by atoms with van der Waals surface area (Å²) in [5, 5.41) is 26.7. The Balaban J connectivity index is -0.0000000331. The molecule has 0 N–H and O–H groups in total. The van der Waals surface area contributed by atoms with E-state index in [1.54, 1.807) is 5.82 Å². The van der Waals surface area contributed by atoms with Crippen LogP contribution in [0.5, 0.6) is 0 Å². The molecule has 0 aliphatic heterocycles. The molecule has 95 valence electrons. The zero-order chi connectivity index (χ0) is 13.4. The van der Waals surface area contributed by atoms with Gasteiger partial charge in [-0.15, -0.1) is 9.24 Å². The van der Waals surface area contributed by atoms with Gasteiger partial charge in [0.15, 0.2) is 0 Å². The first kappa shape index (κ1) is 29.5. The zero-order valence-corrected chi connectivity index (χ0v) is 12.1. The van der Waals surface area contributed by atoms with Gasteiger partial charge in [0.25, 0.3) is 0 Å². The fourth-order valence-electron chi connectivity index (χ4n) is 0. The molecule has 0 aliphatic carbocycles. The summed E-state index contributed by atoms with van der Waals surface area (Å²) in [5.74, 6) is -1.58. The second-order valence-corrected chi connectivity index (χ2v) is 2.18. The Morgan fingerprint density at radius 3 is 0.938 bits per heavy atom. The third kappa shape index (κ3) is 3100. The number of carboxylic acids is 3. The molecule has 0 spiro atoms. The van der Waals surface area contributed by atoms with E-state index >= 15 is 0 Å². The molecule has 16 heavy (non-hydrogen) atoms. The molecule has 0 saturated carbocycles. The number of rotatable bonds is 0. The number of carbonyl (C=O) groups excluding carboxylic acids is 3. The van der Waals surface area contributed by atoms with Crippen LogP contribution in [0.3, 0.4) is 0 Å². The molecule has 0 rings (SSSR count). The van der Waals surface area contributed by atoms with Crippen molar-refractivity contribution in [3.8, 4) is 0 Å². The standard InChI is InChI=1S/3C2H4O2.C2H5P.Ru/c3*1-2(3)4;1-2-3;/h3*1H3,(H,3,4);2H,1,3H2;/q;;;;+3/p-3. The van der Waals surface area contributed by atoms with Crippen molar-refractivity contribution in [3.05, 3.63) is 12.4 Å². The zero-order valence-electron chi connectivity index (χ0n) is 9.16. The number of hydrogen-bond donors (Lipinski definition) is 0. The summed E-state index contributed by atoms with van der Waals surface area (Å²) in [6, 6.07) is 0. The fraction of sp³-hybridized carbons (Fsp3) is 0.375. The van der Waals surface area contributed by atoms with Gasteiger partial charge < -0.3 is 29.7 Å². The van der Waals surface area contributed by atoms with E-state index in [4.69, 9.17) is 29.7 Å². The normalized spacial score (nSPS) is 5.50. The maximum atomic E-state index is 8.89. The Kier molecular flexibility index (Phi) is 53.8. The molecular weight excluding hydrogens is 324 g/mol. The monoisotopic (exact) mass is 339 g/mol. The molecule has 1 unspecified atom stereocenters. The molecule has 8 heteroatoms. The molecule has 6 nitrogen and oxygen atoms in total. The molecule has 0 aliphatic rings. The first-order valence-corrected chi connectivity index (χ1v) is 4.13. The third-order valence-corrected chi connectivity index (χ3v) is 0. The molecular formula is C8H14O6PRu. The van der Waals surface area contributed by atoms with E-state index < -0.39 is 17.9 Å². The number of carboxylic acid groups (broad SMARTS) is 3. The van der Waals surface area contributed by atoms with E-state index in [0.717, 1.165) is 20.8 Å². The van der Waals surface area contributed by atoms with Gasteiger partial charge >= 0.3 is 19.5 Å². The molecule has 0 aromatic carbocycles. The van der Waals surface area contributed by atoms with Crippen LogP contribution in [0, 0.1) is 0 Å². The Hall–Kier alpha value is -0.797. The van der Waals surface area contributed by atoms with Crippen LogP contribution in [0.2, 0.25) is 0 Å². The second-order valence-electron chi connectivity index (χ2n) is 1.71. The first-order valence-electron chi connectivity index (χ1n) is 3.47. The van der Waals surface area contributed by atoms with Crippen LogP contribution in [0.15, 0.2) is 12.4 Å². The maximum Gasteiger partial charge on any atom is 3.00 e. The number of hydrogen-bond acceptors (Lipinski definition) is 6. The summed E-state index contributed by atoms with van der Waals surface area (Å²) >= 11 is 0. The molecule has 0 heterocycles. The average molecular weight is 338 g/mol. The topological polar surface area (TPSA) is 120 Å². The van der Waals surface area contributed by atoms with Crippen LogP contribution in [0.4, 0.5) is 0 Å². The molecule has 0 aromatic heterocycles. The second kappa shape index (κ2) is 29.2. The Morgan fingerprint density at radius 1 is 0.938 bits per heavy atom. The van der Waals surface area contributed by atoms with Crippen LogP contribution >= 0.6 is 9.24 Å². The van der Waals surface area contributed by atoms with Gasteiger partial charge in [-0.2, -0.15) is 0 Å². The average Bonchev–Trinajstić information content (AvgIpc) is 1.81. The molecule has 1 radical (unpaired) electrons. The number of carbonyl (C=O) groups is 3. The smallest absolute Gasteiger partial charge is 0.550 e. The van der Waals surface area contributed by atoms with Crippen molar-refractivity contribution in [3.63, 3.8) is 0 Å². The van der Waals surface area contributed by atoms with E-state index in [2.05, 4.69) is 15.8 Å². The quantitative estimate of drug-likeness (QED) is 0.349. The molecule has 0 bridgehead atoms. The maximum absolute atomic E-state index is 8.89. The van der Waals surface area contributed by atoms with Gasteiger partial charge in [-0.05, 0) is 20.8 Å². The van der Waals surface area contributed by atoms with E-state index in [0.29, 0.717) is 0 Å². The predicted molar refractivity (Wildman–Crippen MR) is 52.0 cm³/mol. The Morgan fingerprint density at radius 2 is 0.938 bits per heavy atom. The number of aliphatic carboxylic acids is 3. The third-order valence-electron chi connectivity index (χ3n) is 0. The summed E-state index contributed by atoms with van der Waals surface area (Å²) in [6.07, 6.45) is 0. The summed E-state index contributed by atoms with van der Waals surface area (Å²) in [4.78, 5) is 26.7. The van der Waals surface area contributed by atoms with Crippen molar-refractivity contribution in [2.24, 2.45) is 0 Å². The van der Waals surface area contributed by atoms with Crippen molar-refractivity contribution >= 4 is 27.1 Å². The molecule has 0 fully saturated rings. The summed E-state index contributed by atoms with van der Waals surface area (Å²) in [5.41, 5.74) is 0. The van der Waals surface area contributed by atoms with E-state index in [-0.39, 0.29) is 19.5 Å². The SMILES string of the molecule is C=CP.CC(=O)[O-].CC(=O)[O-].CC(=O)[O-].[Ru+3]. The van der Waals surface area contributed by atoms with E-state index in [1.807, 2.05) is 0 Å². The minimum atomic E-state index is -1.08. The van der Waals surface area contributed by atoms with Crippen molar-refractivity contribution in [2.75, 3.05) is 0 Å². The molecule has 0 amide bonds. The first-order chi connectivity index (χ1) is 6.61. The predicted octanol–water partition coefficient (Wildman–Crippen LogP) is -2.73. The van der Waals surface area contributed by atoms with Gasteiger partial charge in [0, 0.05) is 17.9 Å². The van der Waals surface area contributed by atoms with Crippen molar-refractivity contribution in [1.82, 2.24) is 0 Å². The van der Waals surface area contributed by atoms with Crippen molar-refractivity contribution < 1.29 is 49.2 Å². The van der Waals surface area contributed by atoms with E-state index in [9.17, 15) is 0 Å². The van der Waals surface area contributed by atoms with Gasteiger partial charge in [0.2, 0.25) is 0 Å². The van der Waals surface area contributed by atoms with Gasteiger partial charge in [-0.3, -0.25) is 0 Å². The fourth-order valence-corrected chi connectivity index (χ4v) is 0. The summed E-state index contributed by atoms with van der Waals surface area (Å²) < 4.78 is 0.